The van der Waals surface area contributed by atoms with Gasteiger partial charge in [0, 0.05) is 10.0 Å². The number of rotatable bonds is 3. The maximum atomic E-state index is 10.3. The smallest absolute Gasteiger partial charge is 0.0810 e. The lowest BCUT2D eigenvalue weighted by Gasteiger charge is -2.31. The number of halogens is 2. The van der Waals surface area contributed by atoms with E-state index in [0.29, 0.717) is 22.4 Å². The van der Waals surface area contributed by atoms with Gasteiger partial charge in [0.15, 0.2) is 0 Å². The van der Waals surface area contributed by atoms with Crippen molar-refractivity contribution < 1.29 is 5.11 Å². The van der Waals surface area contributed by atoms with Gasteiger partial charge >= 0.3 is 0 Å². The van der Waals surface area contributed by atoms with E-state index in [0.717, 1.165) is 12.0 Å². The quantitative estimate of drug-likeness (QED) is 0.865. The molecule has 0 saturated heterocycles. The Kier molecular flexibility index (Phi) is 3.53. The summed E-state index contributed by atoms with van der Waals surface area (Å²) in [6.45, 7) is 0. The van der Waals surface area contributed by atoms with Gasteiger partial charge in [-0.1, -0.05) is 53.5 Å². The van der Waals surface area contributed by atoms with Crippen molar-refractivity contribution >= 4 is 23.2 Å². The van der Waals surface area contributed by atoms with Crippen molar-refractivity contribution in [1.82, 2.24) is 0 Å². The third kappa shape index (κ3) is 2.51. The Morgan fingerprint density at radius 1 is 1.16 bits per heavy atom. The van der Waals surface area contributed by atoms with Crippen LogP contribution in [-0.2, 0) is 6.42 Å². The molecule has 2 aromatic rings. The lowest BCUT2D eigenvalue weighted by atomic mass is 9.74. The largest absolute Gasteiger partial charge is 0.388 e. The second kappa shape index (κ2) is 5.16. The van der Waals surface area contributed by atoms with Crippen LogP contribution < -0.4 is 0 Å². The number of fused-ring (bicyclic) bond motifs is 1. The average Bonchev–Trinajstić information content (AvgIpc) is 2.35. The summed E-state index contributed by atoms with van der Waals surface area (Å²) in [5.74, 6) is 0.429. The highest BCUT2D eigenvalue weighted by Crippen LogP contribution is 2.41. The Morgan fingerprint density at radius 2 is 1.95 bits per heavy atom. The summed E-state index contributed by atoms with van der Waals surface area (Å²) in [5, 5.41) is 11.5. The Labute approximate surface area is 122 Å². The van der Waals surface area contributed by atoms with Crippen molar-refractivity contribution in [3.8, 4) is 0 Å². The number of hydrogen-bond acceptors (Lipinski definition) is 1. The topological polar surface area (TPSA) is 20.2 Å². The highest BCUT2D eigenvalue weighted by Gasteiger charge is 2.28. The molecule has 0 spiro atoms. The molecule has 0 fully saturated rings. The van der Waals surface area contributed by atoms with E-state index < -0.39 is 6.10 Å². The molecule has 19 heavy (non-hydrogen) atoms. The van der Waals surface area contributed by atoms with Gasteiger partial charge < -0.3 is 5.11 Å². The summed E-state index contributed by atoms with van der Waals surface area (Å²) in [6.07, 6.45) is 1.21. The molecule has 0 radical (unpaired) electrons. The van der Waals surface area contributed by atoms with Gasteiger partial charge in [-0.05, 0) is 47.6 Å². The van der Waals surface area contributed by atoms with Crippen LogP contribution in [0.2, 0.25) is 10.0 Å². The summed E-state index contributed by atoms with van der Waals surface area (Å²) in [6, 6.07) is 13.6. The molecule has 0 heterocycles. The van der Waals surface area contributed by atoms with Crippen LogP contribution >= 0.6 is 23.2 Å². The molecule has 0 amide bonds. The molecule has 0 saturated carbocycles. The molecule has 0 bridgehead atoms. The van der Waals surface area contributed by atoms with Crippen LogP contribution in [0.5, 0.6) is 0 Å². The lowest BCUT2D eigenvalue weighted by Crippen LogP contribution is -2.19. The molecule has 2 aromatic carbocycles. The Hall–Kier alpha value is -1.02. The number of aliphatic hydroxyl groups is 1. The van der Waals surface area contributed by atoms with Crippen molar-refractivity contribution in [2.24, 2.45) is 0 Å². The van der Waals surface area contributed by atoms with Gasteiger partial charge in [0.25, 0.3) is 0 Å². The minimum atomic E-state index is -0.539. The third-order valence-electron chi connectivity index (χ3n) is 3.79. The van der Waals surface area contributed by atoms with E-state index in [1.165, 1.54) is 11.1 Å². The molecule has 1 aliphatic carbocycles. The van der Waals surface area contributed by atoms with Crippen molar-refractivity contribution in [2.75, 3.05) is 0 Å². The monoisotopic (exact) mass is 292 g/mol. The van der Waals surface area contributed by atoms with Gasteiger partial charge in [0.05, 0.1) is 6.10 Å². The molecule has 1 aliphatic rings. The summed E-state index contributed by atoms with van der Waals surface area (Å²) in [5.41, 5.74) is 3.50. The van der Waals surface area contributed by atoms with Gasteiger partial charge in [0.1, 0.15) is 0 Å². The maximum Gasteiger partial charge on any atom is 0.0810 e. The Balaban J connectivity index is 1.75. The Bertz CT molecular complexity index is 609. The highest BCUT2D eigenvalue weighted by atomic mass is 35.5. The molecule has 1 nitrogen and oxygen atoms in total. The number of benzene rings is 2. The normalized spacial score (nSPS) is 18.6. The summed E-state index contributed by atoms with van der Waals surface area (Å²) >= 11 is 12.0. The van der Waals surface area contributed by atoms with Crippen molar-refractivity contribution in [3.63, 3.8) is 0 Å². The number of hydrogen-bond donors (Lipinski definition) is 1. The SMILES string of the molecule is OC(CC1Cc2ccccc21)c1ccc(Cl)cc1Cl. The molecule has 0 aromatic heterocycles. The standard InChI is InChI=1S/C16H14Cl2O/c17-12-5-6-14(15(18)9-12)16(19)8-11-7-10-3-1-2-4-13(10)11/h1-6,9,11,16,19H,7-8H2. The molecule has 2 atom stereocenters. The molecule has 1 N–H and O–H groups in total. The van der Waals surface area contributed by atoms with Gasteiger partial charge in [-0.25, -0.2) is 0 Å². The zero-order valence-corrected chi connectivity index (χ0v) is 11.8. The van der Waals surface area contributed by atoms with Crippen LogP contribution in [0.1, 0.15) is 35.1 Å². The predicted molar refractivity (Wildman–Crippen MR) is 78.9 cm³/mol. The van der Waals surface area contributed by atoms with E-state index >= 15 is 0 Å². The van der Waals surface area contributed by atoms with Crippen LogP contribution in [-0.4, -0.2) is 5.11 Å². The molecular formula is C16H14Cl2O. The summed E-state index contributed by atoms with van der Waals surface area (Å²) in [4.78, 5) is 0. The lowest BCUT2D eigenvalue weighted by molar-refractivity contribution is 0.153. The first-order valence-electron chi connectivity index (χ1n) is 6.36. The maximum absolute atomic E-state index is 10.3. The van der Waals surface area contributed by atoms with Crippen LogP contribution in [0.4, 0.5) is 0 Å². The van der Waals surface area contributed by atoms with Crippen LogP contribution in [0.3, 0.4) is 0 Å². The third-order valence-corrected chi connectivity index (χ3v) is 4.35. The second-order valence-corrected chi connectivity index (χ2v) is 5.86. The molecule has 3 heteroatoms. The minimum Gasteiger partial charge on any atom is -0.388 e. The zero-order chi connectivity index (χ0) is 13.4. The van der Waals surface area contributed by atoms with Gasteiger partial charge in [-0.3, -0.25) is 0 Å². The van der Waals surface area contributed by atoms with Crippen molar-refractivity contribution in [3.05, 3.63) is 69.2 Å². The first-order chi connectivity index (χ1) is 9.15. The fourth-order valence-electron chi connectivity index (χ4n) is 2.74. The van der Waals surface area contributed by atoms with E-state index in [4.69, 9.17) is 23.2 Å². The summed E-state index contributed by atoms with van der Waals surface area (Å²) in [7, 11) is 0. The fourth-order valence-corrected chi connectivity index (χ4v) is 3.28. The minimum absolute atomic E-state index is 0.429. The molecule has 3 rings (SSSR count). The highest BCUT2D eigenvalue weighted by molar-refractivity contribution is 6.35. The molecular weight excluding hydrogens is 279 g/mol. The predicted octanol–water partition coefficient (Wildman–Crippen LogP) is 4.76. The molecule has 98 valence electrons. The fraction of sp³-hybridized carbons (Fsp3) is 0.250. The van der Waals surface area contributed by atoms with Crippen molar-refractivity contribution in [2.45, 2.75) is 24.9 Å². The first-order valence-corrected chi connectivity index (χ1v) is 7.11. The van der Waals surface area contributed by atoms with E-state index in [1.54, 1.807) is 18.2 Å². The molecule has 0 aliphatic heterocycles. The van der Waals surface area contributed by atoms with E-state index in [9.17, 15) is 5.11 Å². The average molecular weight is 293 g/mol. The van der Waals surface area contributed by atoms with E-state index in [2.05, 4.69) is 18.2 Å². The van der Waals surface area contributed by atoms with Crippen LogP contribution in [0.25, 0.3) is 0 Å². The van der Waals surface area contributed by atoms with Crippen molar-refractivity contribution in [1.29, 1.82) is 0 Å². The number of aliphatic hydroxyl groups excluding tert-OH is 1. The van der Waals surface area contributed by atoms with Crippen LogP contribution in [0.15, 0.2) is 42.5 Å². The summed E-state index contributed by atoms with van der Waals surface area (Å²) < 4.78 is 0. The Morgan fingerprint density at radius 3 is 2.68 bits per heavy atom. The van der Waals surface area contributed by atoms with E-state index in [1.807, 2.05) is 6.07 Å². The zero-order valence-electron chi connectivity index (χ0n) is 10.3. The molecule has 2 unspecified atom stereocenters. The van der Waals surface area contributed by atoms with E-state index in [-0.39, 0.29) is 0 Å². The van der Waals surface area contributed by atoms with Crippen LogP contribution in [0, 0.1) is 0 Å². The first kappa shape index (κ1) is 13.0. The van der Waals surface area contributed by atoms with Gasteiger partial charge in [0.2, 0.25) is 0 Å². The van der Waals surface area contributed by atoms with Gasteiger partial charge in [-0.15, -0.1) is 0 Å². The second-order valence-electron chi connectivity index (χ2n) is 5.02. The van der Waals surface area contributed by atoms with Gasteiger partial charge in [-0.2, -0.15) is 0 Å².